The van der Waals surface area contributed by atoms with Crippen LogP contribution in [0.5, 0.6) is 0 Å². The molecular weight excluding hydrogens is 463 g/mol. The quantitative estimate of drug-likeness (QED) is 0.354. The number of rotatable bonds is 9. The Morgan fingerprint density at radius 1 is 1.18 bits per heavy atom. The summed E-state index contributed by atoms with van der Waals surface area (Å²) in [5.74, 6) is -3.45. The fraction of sp³-hybridized carbons (Fsp3) is 0.500. The molecular formula is C26H32F3NO3S. The predicted octanol–water partition coefficient (Wildman–Crippen LogP) is 5.78. The lowest BCUT2D eigenvalue weighted by Crippen LogP contribution is -2.41. The molecule has 186 valence electrons. The first kappa shape index (κ1) is 26.6. The summed E-state index contributed by atoms with van der Waals surface area (Å²) in [7, 11) is 0. The van der Waals surface area contributed by atoms with E-state index in [2.05, 4.69) is 0 Å². The molecule has 2 aromatic carbocycles. The molecule has 1 fully saturated rings. The highest BCUT2D eigenvalue weighted by atomic mass is 32.2. The monoisotopic (exact) mass is 495 g/mol. The lowest BCUT2D eigenvalue weighted by atomic mass is 9.85. The Balaban J connectivity index is 2.15. The number of hydrogen-bond donors (Lipinski definition) is 1. The molecule has 1 aliphatic carbocycles. The van der Waals surface area contributed by atoms with Crippen molar-refractivity contribution in [3.8, 4) is 11.1 Å². The number of hydrogen-bond acceptors (Lipinski definition) is 4. The van der Waals surface area contributed by atoms with Crippen molar-refractivity contribution in [3.63, 3.8) is 0 Å². The maximum atomic E-state index is 16.0. The molecule has 0 spiro atoms. The van der Waals surface area contributed by atoms with Crippen LogP contribution in [0.3, 0.4) is 0 Å². The Hall–Kier alpha value is -2.03. The average molecular weight is 496 g/mol. The van der Waals surface area contributed by atoms with Crippen molar-refractivity contribution in [2.75, 3.05) is 6.61 Å². The minimum atomic E-state index is -1.76. The first-order chi connectivity index (χ1) is 15.9. The molecule has 1 saturated carbocycles. The van der Waals surface area contributed by atoms with Crippen molar-refractivity contribution < 1.29 is 27.3 Å². The highest BCUT2D eigenvalue weighted by molar-refractivity contribution is 7.90. The second-order valence-electron chi connectivity index (χ2n) is 9.72. The Morgan fingerprint density at radius 3 is 2.26 bits per heavy atom. The first-order valence-corrected chi connectivity index (χ1v) is 12.7. The average Bonchev–Trinajstić information content (AvgIpc) is 3.56. The third-order valence-corrected chi connectivity index (χ3v) is 7.71. The van der Waals surface area contributed by atoms with Crippen LogP contribution in [0.1, 0.15) is 68.2 Å². The first-order valence-electron chi connectivity index (χ1n) is 11.5. The largest absolute Gasteiger partial charge is 0.598 e. The molecule has 2 atom stereocenters. The Morgan fingerprint density at radius 2 is 1.76 bits per heavy atom. The third-order valence-electron chi connectivity index (χ3n) is 6.46. The van der Waals surface area contributed by atoms with Gasteiger partial charge in [-0.25, -0.2) is 13.2 Å². The summed E-state index contributed by atoms with van der Waals surface area (Å²) >= 11 is -1.76. The van der Waals surface area contributed by atoms with Gasteiger partial charge in [-0.3, -0.25) is 4.79 Å². The van der Waals surface area contributed by atoms with Gasteiger partial charge in [0.25, 0.3) is 0 Å². The van der Waals surface area contributed by atoms with Crippen molar-refractivity contribution in [2.24, 2.45) is 11.1 Å². The molecule has 2 aromatic rings. The molecule has 34 heavy (non-hydrogen) atoms. The summed E-state index contributed by atoms with van der Waals surface area (Å²) < 4.78 is 61.7. The van der Waals surface area contributed by atoms with Crippen LogP contribution in [0.15, 0.2) is 18.2 Å². The molecule has 0 radical (unpaired) electrons. The molecule has 1 aliphatic rings. The Bertz CT molecular complexity index is 1060. The number of halogens is 3. The van der Waals surface area contributed by atoms with Crippen molar-refractivity contribution in [1.82, 2.24) is 0 Å². The lowest BCUT2D eigenvalue weighted by Gasteiger charge is -2.28. The van der Waals surface area contributed by atoms with E-state index in [1.807, 2.05) is 0 Å². The normalized spacial score (nSPS) is 15.8. The topological polar surface area (TPSA) is 75.4 Å². The standard InChI is InChI=1S/C26H32F3NO3S/c1-6-33-25(31)17(13-26(4,5)34(30)32)11-21-23(28)19(16-7-8-16)12-20(24(21)29)22-14(2)9-18(27)10-15(22)3/h9-10,12,16-17H,6-8,11,13,30H2,1-5H3/t17?,34-/m1/s1. The maximum absolute atomic E-state index is 16.0. The molecule has 3 rings (SSSR count). The van der Waals surface area contributed by atoms with Crippen LogP contribution in [0.25, 0.3) is 11.1 Å². The SMILES string of the molecule is CCOC(=O)C(Cc1c(F)c(-c2c(C)cc(F)cc2C)cc(C2CC2)c1F)CC(C)(C)[S@+](N)[O-]. The number of aryl methyl sites for hydroxylation is 2. The van der Waals surface area contributed by atoms with Crippen LogP contribution in [-0.2, 0) is 27.3 Å². The molecule has 8 heteroatoms. The molecule has 0 aromatic heterocycles. The number of esters is 1. The molecule has 0 heterocycles. The van der Waals surface area contributed by atoms with Gasteiger partial charge in [0.2, 0.25) is 0 Å². The van der Waals surface area contributed by atoms with Gasteiger partial charge >= 0.3 is 5.97 Å². The minimum absolute atomic E-state index is 0.0202. The van der Waals surface area contributed by atoms with Crippen LogP contribution < -0.4 is 5.14 Å². The van der Waals surface area contributed by atoms with E-state index in [-0.39, 0.29) is 36.5 Å². The number of carbonyl (C=O) groups excluding carboxylic acids is 1. The van der Waals surface area contributed by atoms with Crippen LogP contribution in [0, 0.1) is 37.2 Å². The molecule has 0 saturated heterocycles. The second-order valence-corrected chi connectivity index (χ2v) is 11.4. The molecule has 2 N–H and O–H groups in total. The van der Waals surface area contributed by atoms with E-state index in [9.17, 15) is 13.7 Å². The van der Waals surface area contributed by atoms with Crippen LogP contribution >= 0.6 is 0 Å². The van der Waals surface area contributed by atoms with Gasteiger partial charge in [-0.1, -0.05) is 0 Å². The zero-order chi connectivity index (χ0) is 25.4. The van der Waals surface area contributed by atoms with Crippen molar-refractivity contribution in [3.05, 3.63) is 57.9 Å². The van der Waals surface area contributed by atoms with Crippen LogP contribution in [-0.4, -0.2) is 21.9 Å². The van der Waals surface area contributed by atoms with Crippen molar-refractivity contribution in [1.29, 1.82) is 0 Å². The van der Waals surface area contributed by atoms with Gasteiger partial charge in [-0.2, -0.15) is 5.14 Å². The van der Waals surface area contributed by atoms with Crippen LogP contribution in [0.2, 0.25) is 0 Å². The van der Waals surface area contributed by atoms with E-state index in [0.29, 0.717) is 22.3 Å². The number of ether oxygens (including phenoxy) is 1. The van der Waals surface area contributed by atoms with Gasteiger partial charge in [-0.05, 0) is 100 Å². The summed E-state index contributed by atoms with van der Waals surface area (Å²) in [6.45, 7) is 8.40. The van der Waals surface area contributed by atoms with Gasteiger partial charge < -0.3 is 9.29 Å². The maximum Gasteiger partial charge on any atom is 0.309 e. The van der Waals surface area contributed by atoms with E-state index in [0.717, 1.165) is 12.8 Å². The minimum Gasteiger partial charge on any atom is -0.598 e. The third kappa shape index (κ3) is 5.61. The Labute approximate surface area is 202 Å². The number of carbonyl (C=O) groups is 1. The highest BCUT2D eigenvalue weighted by Crippen LogP contribution is 2.45. The van der Waals surface area contributed by atoms with Gasteiger partial charge in [-0.15, -0.1) is 0 Å². The number of nitrogens with two attached hydrogens (primary N) is 1. The molecule has 1 unspecified atom stereocenters. The van der Waals surface area contributed by atoms with Crippen molar-refractivity contribution in [2.45, 2.75) is 71.0 Å². The smallest absolute Gasteiger partial charge is 0.309 e. The summed E-state index contributed by atoms with van der Waals surface area (Å²) in [6, 6.07) is 4.17. The van der Waals surface area contributed by atoms with E-state index in [1.165, 1.54) is 18.2 Å². The summed E-state index contributed by atoms with van der Waals surface area (Å²) in [5, 5.41) is 5.60. The zero-order valence-electron chi connectivity index (χ0n) is 20.3. The predicted molar refractivity (Wildman–Crippen MR) is 128 cm³/mol. The van der Waals surface area contributed by atoms with Gasteiger partial charge in [0.15, 0.2) is 0 Å². The van der Waals surface area contributed by atoms with E-state index >= 15 is 8.78 Å². The summed E-state index contributed by atoms with van der Waals surface area (Å²) in [5.41, 5.74) is 1.98. The van der Waals surface area contributed by atoms with Gasteiger partial charge in [0, 0.05) is 28.9 Å². The fourth-order valence-electron chi connectivity index (χ4n) is 4.52. The second kappa shape index (κ2) is 10.3. The zero-order valence-corrected chi connectivity index (χ0v) is 21.1. The molecule has 0 bridgehead atoms. The van der Waals surface area contributed by atoms with Crippen LogP contribution in [0.4, 0.5) is 13.2 Å². The van der Waals surface area contributed by atoms with E-state index in [1.54, 1.807) is 34.6 Å². The van der Waals surface area contributed by atoms with Crippen molar-refractivity contribution >= 4 is 17.3 Å². The van der Waals surface area contributed by atoms with E-state index in [4.69, 9.17) is 9.88 Å². The molecule has 4 nitrogen and oxygen atoms in total. The molecule has 0 amide bonds. The number of benzene rings is 2. The highest BCUT2D eigenvalue weighted by Gasteiger charge is 2.39. The molecule has 0 aliphatic heterocycles. The van der Waals surface area contributed by atoms with Gasteiger partial charge in [0.05, 0.1) is 12.5 Å². The van der Waals surface area contributed by atoms with Gasteiger partial charge in [0.1, 0.15) is 22.2 Å². The van der Waals surface area contributed by atoms with E-state index < -0.39 is 45.4 Å². The lowest BCUT2D eigenvalue weighted by molar-refractivity contribution is -0.148. The Kier molecular flexibility index (Phi) is 8.05. The fourth-order valence-corrected chi connectivity index (χ4v) is 4.89. The summed E-state index contributed by atoms with van der Waals surface area (Å²) in [4.78, 5) is 12.8. The summed E-state index contributed by atoms with van der Waals surface area (Å²) in [6.07, 6.45) is 1.36.